The summed E-state index contributed by atoms with van der Waals surface area (Å²) in [6.45, 7) is 3.87. The Morgan fingerprint density at radius 2 is 2.29 bits per heavy atom. The SMILES string of the molecule is CCN(CC(=O)NC)Cc1cccc(C#N)c1. The van der Waals surface area contributed by atoms with Crippen molar-refractivity contribution in [3.63, 3.8) is 0 Å². The van der Waals surface area contributed by atoms with Crippen LogP contribution in [0.15, 0.2) is 24.3 Å². The summed E-state index contributed by atoms with van der Waals surface area (Å²) in [5.41, 5.74) is 1.70. The van der Waals surface area contributed by atoms with Gasteiger partial charge < -0.3 is 5.32 Å². The number of nitriles is 1. The molecule has 0 heterocycles. The van der Waals surface area contributed by atoms with Crippen molar-refractivity contribution in [3.8, 4) is 6.07 Å². The number of carbonyl (C=O) groups excluding carboxylic acids is 1. The quantitative estimate of drug-likeness (QED) is 0.826. The number of rotatable bonds is 5. The summed E-state index contributed by atoms with van der Waals surface area (Å²) < 4.78 is 0. The molecule has 0 spiro atoms. The van der Waals surface area contributed by atoms with E-state index in [1.807, 2.05) is 30.0 Å². The van der Waals surface area contributed by atoms with Crippen molar-refractivity contribution in [1.82, 2.24) is 10.2 Å². The van der Waals surface area contributed by atoms with Gasteiger partial charge in [0, 0.05) is 13.6 Å². The Morgan fingerprint density at radius 3 is 2.88 bits per heavy atom. The van der Waals surface area contributed by atoms with Crippen LogP contribution in [-0.2, 0) is 11.3 Å². The zero-order chi connectivity index (χ0) is 12.7. The summed E-state index contributed by atoms with van der Waals surface area (Å²) in [5.74, 6) is 0.00304. The molecule has 1 aromatic rings. The van der Waals surface area contributed by atoms with E-state index in [0.29, 0.717) is 18.7 Å². The Hall–Kier alpha value is -1.86. The van der Waals surface area contributed by atoms with E-state index in [1.54, 1.807) is 13.1 Å². The fraction of sp³-hybridized carbons (Fsp3) is 0.385. The van der Waals surface area contributed by atoms with Crippen LogP contribution in [0.3, 0.4) is 0 Å². The Morgan fingerprint density at radius 1 is 1.53 bits per heavy atom. The normalized spacial score (nSPS) is 10.0. The summed E-state index contributed by atoms with van der Waals surface area (Å²) in [5, 5.41) is 11.4. The molecule has 0 unspecified atom stereocenters. The van der Waals surface area contributed by atoms with Crippen molar-refractivity contribution in [3.05, 3.63) is 35.4 Å². The third-order valence-corrected chi connectivity index (χ3v) is 2.56. The predicted octanol–water partition coefficient (Wildman–Crippen LogP) is 1.13. The van der Waals surface area contributed by atoms with Gasteiger partial charge in [0.05, 0.1) is 18.2 Å². The van der Waals surface area contributed by atoms with Crippen LogP contribution < -0.4 is 5.32 Å². The minimum Gasteiger partial charge on any atom is -0.358 e. The van der Waals surface area contributed by atoms with E-state index in [9.17, 15) is 4.79 Å². The van der Waals surface area contributed by atoms with E-state index in [2.05, 4.69) is 11.4 Å². The average molecular weight is 231 g/mol. The van der Waals surface area contributed by atoms with Crippen LogP contribution in [-0.4, -0.2) is 30.9 Å². The first-order valence-electron chi connectivity index (χ1n) is 5.61. The predicted molar refractivity (Wildman–Crippen MR) is 66.2 cm³/mol. The van der Waals surface area contributed by atoms with Gasteiger partial charge in [0.1, 0.15) is 0 Å². The molecule has 90 valence electrons. The number of carbonyl (C=O) groups is 1. The maximum atomic E-state index is 11.3. The molecule has 0 atom stereocenters. The molecule has 1 rings (SSSR count). The Labute approximate surface area is 102 Å². The lowest BCUT2D eigenvalue weighted by Gasteiger charge is -2.19. The molecule has 0 bridgehead atoms. The highest BCUT2D eigenvalue weighted by Crippen LogP contribution is 2.07. The molecule has 1 amide bonds. The number of likely N-dealkylation sites (N-methyl/N-ethyl adjacent to an activating group) is 2. The van der Waals surface area contributed by atoms with Gasteiger partial charge in [-0.3, -0.25) is 9.69 Å². The van der Waals surface area contributed by atoms with Crippen molar-refractivity contribution in [2.24, 2.45) is 0 Å². The summed E-state index contributed by atoms with van der Waals surface area (Å²) >= 11 is 0. The van der Waals surface area contributed by atoms with Crippen LogP contribution in [0, 0.1) is 11.3 Å². The Bertz CT molecular complexity index is 423. The first-order valence-corrected chi connectivity index (χ1v) is 5.61. The molecule has 1 N–H and O–H groups in total. The number of hydrogen-bond donors (Lipinski definition) is 1. The molecule has 0 saturated carbocycles. The first-order chi connectivity index (χ1) is 8.19. The topological polar surface area (TPSA) is 56.1 Å². The summed E-state index contributed by atoms with van der Waals surface area (Å²) in [6.07, 6.45) is 0. The molecule has 4 heteroatoms. The minimum atomic E-state index is 0.00304. The van der Waals surface area contributed by atoms with Gasteiger partial charge in [-0.25, -0.2) is 0 Å². The van der Waals surface area contributed by atoms with Gasteiger partial charge in [0.2, 0.25) is 5.91 Å². The minimum absolute atomic E-state index is 0.00304. The van der Waals surface area contributed by atoms with Crippen LogP contribution in [0.5, 0.6) is 0 Å². The third-order valence-electron chi connectivity index (χ3n) is 2.56. The number of nitrogens with one attached hydrogen (secondary N) is 1. The second-order valence-corrected chi connectivity index (χ2v) is 3.79. The fourth-order valence-electron chi connectivity index (χ4n) is 1.56. The van der Waals surface area contributed by atoms with Gasteiger partial charge in [0.25, 0.3) is 0 Å². The van der Waals surface area contributed by atoms with Crippen molar-refractivity contribution >= 4 is 5.91 Å². The summed E-state index contributed by atoms with van der Waals surface area (Å²) in [7, 11) is 1.63. The van der Waals surface area contributed by atoms with E-state index in [4.69, 9.17) is 5.26 Å². The van der Waals surface area contributed by atoms with Gasteiger partial charge in [0.15, 0.2) is 0 Å². The molecule has 4 nitrogen and oxygen atoms in total. The summed E-state index contributed by atoms with van der Waals surface area (Å²) in [6, 6.07) is 9.57. The lowest BCUT2D eigenvalue weighted by molar-refractivity contribution is -0.121. The zero-order valence-corrected chi connectivity index (χ0v) is 10.2. The molecular weight excluding hydrogens is 214 g/mol. The second-order valence-electron chi connectivity index (χ2n) is 3.79. The standard InChI is InChI=1S/C13H17N3O/c1-3-16(10-13(17)15-2)9-12-6-4-5-11(7-12)8-14/h4-7H,3,9-10H2,1-2H3,(H,15,17). The van der Waals surface area contributed by atoms with Crippen molar-refractivity contribution in [2.45, 2.75) is 13.5 Å². The fourth-order valence-corrected chi connectivity index (χ4v) is 1.56. The highest BCUT2D eigenvalue weighted by Gasteiger charge is 2.08. The van der Waals surface area contributed by atoms with Crippen LogP contribution in [0.25, 0.3) is 0 Å². The molecular formula is C13H17N3O. The zero-order valence-electron chi connectivity index (χ0n) is 10.2. The highest BCUT2D eigenvalue weighted by molar-refractivity contribution is 5.77. The van der Waals surface area contributed by atoms with Gasteiger partial charge in [-0.1, -0.05) is 19.1 Å². The van der Waals surface area contributed by atoms with Gasteiger partial charge in [-0.2, -0.15) is 5.26 Å². The van der Waals surface area contributed by atoms with E-state index in [0.717, 1.165) is 12.1 Å². The second kappa shape index (κ2) is 6.66. The highest BCUT2D eigenvalue weighted by atomic mass is 16.1. The molecule has 0 aliphatic carbocycles. The largest absolute Gasteiger partial charge is 0.358 e. The van der Waals surface area contributed by atoms with Crippen molar-refractivity contribution in [2.75, 3.05) is 20.1 Å². The van der Waals surface area contributed by atoms with E-state index in [1.165, 1.54) is 0 Å². The number of nitrogens with zero attached hydrogens (tertiary/aromatic N) is 2. The van der Waals surface area contributed by atoms with Crippen LogP contribution in [0.1, 0.15) is 18.1 Å². The van der Waals surface area contributed by atoms with Crippen LogP contribution in [0.4, 0.5) is 0 Å². The van der Waals surface area contributed by atoms with Gasteiger partial charge in [-0.05, 0) is 24.2 Å². The molecule has 0 aromatic heterocycles. The number of hydrogen-bond acceptors (Lipinski definition) is 3. The molecule has 17 heavy (non-hydrogen) atoms. The number of benzene rings is 1. The molecule has 0 fully saturated rings. The molecule has 0 aliphatic heterocycles. The monoisotopic (exact) mass is 231 g/mol. The molecule has 0 saturated heterocycles. The van der Waals surface area contributed by atoms with E-state index < -0.39 is 0 Å². The molecule has 1 aromatic carbocycles. The average Bonchev–Trinajstić information content (AvgIpc) is 2.37. The molecule has 0 radical (unpaired) electrons. The lowest BCUT2D eigenvalue weighted by atomic mass is 10.1. The van der Waals surface area contributed by atoms with E-state index >= 15 is 0 Å². The van der Waals surface area contributed by atoms with Crippen LogP contribution in [0.2, 0.25) is 0 Å². The van der Waals surface area contributed by atoms with Crippen LogP contribution >= 0.6 is 0 Å². The lowest BCUT2D eigenvalue weighted by Crippen LogP contribution is -2.35. The maximum absolute atomic E-state index is 11.3. The van der Waals surface area contributed by atoms with Crippen molar-refractivity contribution in [1.29, 1.82) is 5.26 Å². The number of amides is 1. The smallest absolute Gasteiger partial charge is 0.233 e. The summed E-state index contributed by atoms with van der Waals surface area (Å²) in [4.78, 5) is 13.3. The molecule has 0 aliphatic rings. The first kappa shape index (κ1) is 13.2. The Balaban J connectivity index is 2.67. The van der Waals surface area contributed by atoms with Gasteiger partial charge >= 0.3 is 0 Å². The van der Waals surface area contributed by atoms with Crippen molar-refractivity contribution < 1.29 is 4.79 Å². The van der Waals surface area contributed by atoms with E-state index in [-0.39, 0.29) is 5.91 Å². The maximum Gasteiger partial charge on any atom is 0.233 e. The van der Waals surface area contributed by atoms with Gasteiger partial charge in [-0.15, -0.1) is 0 Å². The Kier molecular flexibility index (Phi) is 5.18. The third kappa shape index (κ3) is 4.25.